The van der Waals surface area contributed by atoms with Gasteiger partial charge >= 0.3 is 0 Å². The normalized spacial score (nSPS) is 10.8. The van der Waals surface area contributed by atoms with Crippen molar-refractivity contribution in [3.63, 3.8) is 0 Å². The first-order valence-corrected chi connectivity index (χ1v) is 9.82. The minimum atomic E-state index is -0.0288. The average Bonchev–Trinajstić information content (AvgIpc) is 3.36. The van der Waals surface area contributed by atoms with E-state index < -0.39 is 0 Å². The highest BCUT2D eigenvalue weighted by atomic mass is 32.1. The lowest BCUT2D eigenvalue weighted by Gasteiger charge is -2.23. The third-order valence-electron chi connectivity index (χ3n) is 4.10. The number of benzene rings is 2. The fourth-order valence-corrected chi connectivity index (χ4v) is 4.15. The van der Waals surface area contributed by atoms with Crippen LogP contribution in [0.2, 0.25) is 0 Å². The maximum atomic E-state index is 13.3. The Bertz CT molecular complexity index is 1020. The zero-order valence-electron chi connectivity index (χ0n) is 14.1. The number of aromatic nitrogens is 1. The van der Waals surface area contributed by atoms with Crippen LogP contribution in [0, 0.1) is 0 Å². The fraction of sp³-hybridized carbons (Fsp3) is 0.100. The highest BCUT2D eigenvalue weighted by molar-refractivity contribution is 7.16. The van der Waals surface area contributed by atoms with Gasteiger partial charge in [0.05, 0.1) is 29.4 Å². The van der Waals surface area contributed by atoms with Crippen molar-refractivity contribution in [3.8, 4) is 5.75 Å². The van der Waals surface area contributed by atoms with Crippen molar-refractivity contribution in [2.45, 2.75) is 6.54 Å². The number of fused-ring (bicyclic) bond motifs is 1. The van der Waals surface area contributed by atoms with Crippen molar-refractivity contribution in [2.75, 3.05) is 12.0 Å². The minimum Gasteiger partial charge on any atom is -0.497 e. The molecule has 26 heavy (non-hydrogen) atoms. The predicted molar refractivity (Wildman–Crippen MR) is 107 cm³/mol. The molecule has 1 amide bonds. The molecule has 0 aliphatic carbocycles. The molecule has 0 spiro atoms. The zero-order valence-corrected chi connectivity index (χ0v) is 15.7. The number of thiazole rings is 1. The van der Waals surface area contributed by atoms with Crippen molar-refractivity contribution < 1.29 is 9.53 Å². The maximum absolute atomic E-state index is 13.3. The number of nitrogens with zero attached hydrogens (tertiary/aromatic N) is 2. The van der Waals surface area contributed by atoms with Crippen LogP contribution in [-0.4, -0.2) is 18.0 Å². The average molecular weight is 380 g/mol. The van der Waals surface area contributed by atoms with Gasteiger partial charge in [0.2, 0.25) is 0 Å². The van der Waals surface area contributed by atoms with E-state index in [1.807, 2.05) is 60.0 Å². The molecule has 2 heterocycles. The number of thiophene rings is 1. The van der Waals surface area contributed by atoms with Gasteiger partial charge in [-0.2, -0.15) is 0 Å². The fourth-order valence-electron chi connectivity index (χ4n) is 2.74. The Morgan fingerprint density at radius 3 is 2.69 bits per heavy atom. The lowest BCUT2D eigenvalue weighted by atomic mass is 10.1. The number of hydrogen-bond acceptors (Lipinski definition) is 5. The summed E-state index contributed by atoms with van der Waals surface area (Å²) in [4.78, 5) is 20.5. The van der Waals surface area contributed by atoms with Crippen LogP contribution in [0.4, 0.5) is 5.69 Å². The highest BCUT2D eigenvalue weighted by Crippen LogP contribution is 2.26. The first kappa shape index (κ1) is 16.8. The lowest BCUT2D eigenvalue weighted by molar-refractivity contribution is 0.0985. The molecular formula is C20H16N2O2S2. The number of hydrogen-bond donors (Lipinski definition) is 0. The van der Waals surface area contributed by atoms with Crippen LogP contribution in [0.3, 0.4) is 0 Å². The van der Waals surface area contributed by atoms with Gasteiger partial charge in [-0.25, -0.2) is 4.98 Å². The zero-order chi connectivity index (χ0) is 17.9. The van der Waals surface area contributed by atoms with Crippen LogP contribution in [-0.2, 0) is 6.54 Å². The summed E-state index contributed by atoms with van der Waals surface area (Å²) < 4.78 is 6.25. The molecule has 4 nitrogen and oxygen atoms in total. The molecule has 6 heteroatoms. The number of rotatable bonds is 5. The van der Waals surface area contributed by atoms with E-state index in [4.69, 9.17) is 4.74 Å². The topological polar surface area (TPSA) is 42.4 Å². The van der Waals surface area contributed by atoms with Crippen LogP contribution >= 0.6 is 22.7 Å². The van der Waals surface area contributed by atoms with Gasteiger partial charge in [0.25, 0.3) is 5.91 Å². The summed E-state index contributed by atoms with van der Waals surface area (Å²) >= 11 is 3.18. The number of carbonyl (C=O) groups excluding carboxylic acids is 1. The summed E-state index contributed by atoms with van der Waals surface area (Å²) in [5.74, 6) is 0.738. The Balaban J connectivity index is 1.71. The van der Waals surface area contributed by atoms with E-state index in [2.05, 4.69) is 4.98 Å². The van der Waals surface area contributed by atoms with Gasteiger partial charge in [-0.1, -0.05) is 6.07 Å². The molecule has 0 saturated heterocycles. The molecule has 0 N–H and O–H groups in total. The Morgan fingerprint density at radius 1 is 1.12 bits per heavy atom. The summed E-state index contributed by atoms with van der Waals surface area (Å²) in [6.07, 6.45) is 0. The number of carbonyl (C=O) groups is 1. The molecule has 4 rings (SSSR count). The summed E-state index contributed by atoms with van der Waals surface area (Å²) in [6.45, 7) is 0.531. The molecule has 0 bridgehead atoms. The van der Waals surface area contributed by atoms with E-state index in [9.17, 15) is 4.79 Å². The molecule has 0 aliphatic rings. The van der Waals surface area contributed by atoms with E-state index in [-0.39, 0.29) is 5.91 Å². The third kappa shape index (κ3) is 3.34. The van der Waals surface area contributed by atoms with E-state index >= 15 is 0 Å². The second-order valence-corrected chi connectivity index (χ2v) is 7.62. The van der Waals surface area contributed by atoms with Crippen LogP contribution in [0.25, 0.3) is 10.2 Å². The van der Waals surface area contributed by atoms with Gasteiger partial charge in [0, 0.05) is 16.1 Å². The van der Waals surface area contributed by atoms with Crippen molar-refractivity contribution in [2.24, 2.45) is 0 Å². The second kappa shape index (κ2) is 7.27. The molecule has 0 unspecified atom stereocenters. The molecule has 0 aliphatic heterocycles. The van der Waals surface area contributed by atoms with Gasteiger partial charge in [-0.05, 0) is 53.9 Å². The largest absolute Gasteiger partial charge is 0.497 e. The number of amides is 1. The van der Waals surface area contributed by atoms with Gasteiger partial charge < -0.3 is 9.64 Å². The molecule has 0 fully saturated rings. The van der Waals surface area contributed by atoms with Crippen LogP contribution in [0.5, 0.6) is 5.75 Å². The van der Waals surface area contributed by atoms with Gasteiger partial charge in [-0.15, -0.1) is 22.7 Å². The number of ether oxygens (including phenoxy) is 1. The molecule has 2 aromatic heterocycles. The van der Waals surface area contributed by atoms with Crippen molar-refractivity contribution in [1.29, 1.82) is 0 Å². The van der Waals surface area contributed by atoms with Gasteiger partial charge in [0.15, 0.2) is 0 Å². The third-order valence-corrected chi connectivity index (χ3v) is 5.75. The Hall–Kier alpha value is -2.70. The minimum absolute atomic E-state index is 0.0288. The molecule has 0 atom stereocenters. The van der Waals surface area contributed by atoms with Crippen LogP contribution in [0.1, 0.15) is 15.2 Å². The lowest BCUT2D eigenvalue weighted by Crippen LogP contribution is -2.30. The quantitative estimate of drug-likeness (QED) is 0.477. The van der Waals surface area contributed by atoms with Gasteiger partial charge in [0.1, 0.15) is 5.75 Å². The van der Waals surface area contributed by atoms with Crippen molar-refractivity contribution in [1.82, 2.24) is 4.98 Å². The SMILES string of the molecule is COc1ccc(N(Cc2cccs2)C(=O)c2ccc3ncsc3c2)cc1. The monoisotopic (exact) mass is 380 g/mol. The van der Waals surface area contributed by atoms with E-state index in [1.54, 1.807) is 40.2 Å². The van der Waals surface area contributed by atoms with E-state index in [0.717, 1.165) is 26.5 Å². The highest BCUT2D eigenvalue weighted by Gasteiger charge is 2.19. The smallest absolute Gasteiger partial charge is 0.258 e. The summed E-state index contributed by atoms with van der Waals surface area (Å²) in [5, 5.41) is 2.02. The molecular weight excluding hydrogens is 364 g/mol. The summed E-state index contributed by atoms with van der Waals surface area (Å²) in [7, 11) is 1.63. The Kier molecular flexibility index (Phi) is 4.69. The van der Waals surface area contributed by atoms with Crippen LogP contribution in [0.15, 0.2) is 65.5 Å². The number of methoxy groups -OCH3 is 1. The maximum Gasteiger partial charge on any atom is 0.258 e. The van der Waals surface area contributed by atoms with Crippen LogP contribution < -0.4 is 9.64 Å². The van der Waals surface area contributed by atoms with E-state index in [0.29, 0.717) is 12.1 Å². The molecule has 130 valence electrons. The summed E-state index contributed by atoms with van der Waals surface area (Å²) in [5.41, 5.74) is 4.22. The van der Waals surface area contributed by atoms with Crippen molar-refractivity contribution in [3.05, 3.63) is 75.9 Å². The molecule has 4 aromatic rings. The number of anilines is 1. The summed E-state index contributed by atoms with van der Waals surface area (Å²) in [6, 6.07) is 17.3. The van der Waals surface area contributed by atoms with Crippen molar-refractivity contribution >= 4 is 44.5 Å². The second-order valence-electron chi connectivity index (χ2n) is 5.70. The first-order chi connectivity index (χ1) is 12.7. The van der Waals surface area contributed by atoms with Gasteiger partial charge in [-0.3, -0.25) is 4.79 Å². The molecule has 0 saturated carbocycles. The Morgan fingerprint density at radius 2 is 1.96 bits per heavy atom. The first-order valence-electron chi connectivity index (χ1n) is 8.06. The molecule has 0 radical (unpaired) electrons. The molecule has 2 aromatic carbocycles. The standard InChI is InChI=1S/C20H16N2O2S2/c1-24-16-7-5-15(6-8-16)22(12-17-3-2-10-25-17)20(23)14-4-9-18-19(11-14)26-13-21-18/h2-11,13H,12H2,1H3. The Labute approximate surface area is 159 Å². The van der Waals surface area contributed by atoms with E-state index in [1.165, 1.54) is 0 Å². The predicted octanol–water partition coefficient (Wildman–Crippen LogP) is 5.21.